The van der Waals surface area contributed by atoms with Gasteiger partial charge in [-0.15, -0.1) is 0 Å². The molecule has 0 aliphatic heterocycles. The van der Waals surface area contributed by atoms with Crippen LogP contribution in [0.2, 0.25) is 0 Å². The highest BCUT2D eigenvalue weighted by atomic mass is 16.1. The molecule has 0 bridgehead atoms. The third kappa shape index (κ3) is 2.00. The van der Waals surface area contributed by atoms with Crippen LogP contribution in [0.25, 0.3) is 10.9 Å². The first-order chi connectivity index (χ1) is 8.00. The van der Waals surface area contributed by atoms with Crippen LogP contribution < -0.4 is 4.90 Å². The number of carbonyl (C=O) groups is 1. The summed E-state index contributed by atoms with van der Waals surface area (Å²) in [4.78, 5) is 18.1. The molecule has 0 radical (unpaired) electrons. The maximum absolute atomic E-state index is 11.6. The van der Waals surface area contributed by atoms with E-state index < -0.39 is 0 Å². The summed E-state index contributed by atoms with van der Waals surface area (Å²) < 4.78 is 0. The third-order valence-electron chi connectivity index (χ3n) is 2.81. The minimum absolute atomic E-state index is 0.0541. The van der Waals surface area contributed by atoms with Gasteiger partial charge >= 0.3 is 0 Å². The maximum atomic E-state index is 11.6. The number of anilines is 1. The summed E-state index contributed by atoms with van der Waals surface area (Å²) in [7, 11) is 3.99. The van der Waals surface area contributed by atoms with E-state index in [1.54, 1.807) is 6.92 Å². The van der Waals surface area contributed by atoms with E-state index in [-0.39, 0.29) is 5.78 Å². The number of aromatic nitrogens is 1. The predicted octanol–water partition coefficient (Wildman–Crippen LogP) is 2.81. The molecule has 2 aromatic rings. The Morgan fingerprint density at radius 2 is 2.00 bits per heavy atom. The molecule has 1 heterocycles. The number of hydrogen-bond acceptors (Lipinski definition) is 3. The SMILES string of the molecule is CC(=O)c1cccc2c(N(C)C)cc(C)nc12. The zero-order chi connectivity index (χ0) is 12.6. The number of aryl methyl sites for hydroxylation is 1. The Hall–Kier alpha value is -1.90. The molecule has 0 aliphatic rings. The van der Waals surface area contributed by atoms with Gasteiger partial charge in [0.25, 0.3) is 0 Å². The zero-order valence-electron chi connectivity index (χ0n) is 10.6. The van der Waals surface area contributed by atoms with E-state index in [0.29, 0.717) is 5.56 Å². The van der Waals surface area contributed by atoms with Crippen molar-refractivity contribution >= 4 is 22.4 Å². The summed E-state index contributed by atoms with van der Waals surface area (Å²) in [6.45, 7) is 3.53. The van der Waals surface area contributed by atoms with E-state index in [2.05, 4.69) is 4.98 Å². The summed E-state index contributed by atoms with van der Waals surface area (Å²) in [6, 6.07) is 7.77. The van der Waals surface area contributed by atoms with Crippen molar-refractivity contribution < 1.29 is 4.79 Å². The Bertz CT molecular complexity index is 588. The summed E-state index contributed by atoms with van der Waals surface area (Å²) in [6.07, 6.45) is 0. The lowest BCUT2D eigenvalue weighted by Gasteiger charge is -2.16. The van der Waals surface area contributed by atoms with Crippen LogP contribution in [0.3, 0.4) is 0 Å². The highest BCUT2D eigenvalue weighted by molar-refractivity contribution is 6.08. The molecule has 88 valence electrons. The fraction of sp³-hybridized carbons (Fsp3) is 0.286. The standard InChI is InChI=1S/C14H16N2O/c1-9-8-13(16(3)4)12-7-5-6-11(10(2)17)14(12)15-9/h5-8H,1-4H3. The van der Waals surface area contributed by atoms with Crippen LogP contribution in [-0.2, 0) is 0 Å². The van der Waals surface area contributed by atoms with Crippen molar-refractivity contribution in [1.29, 1.82) is 0 Å². The van der Waals surface area contributed by atoms with Crippen molar-refractivity contribution in [1.82, 2.24) is 4.98 Å². The second-order valence-electron chi connectivity index (χ2n) is 4.44. The van der Waals surface area contributed by atoms with Crippen LogP contribution in [0.4, 0.5) is 5.69 Å². The highest BCUT2D eigenvalue weighted by Gasteiger charge is 2.11. The lowest BCUT2D eigenvalue weighted by atomic mass is 10.0. The smallest absolute Gasteiger partial charge is 0.161 e. The molecule has 1 aromatic heterocycles. The van der Waals surface area contributed by atoms with E-state index in [4.69, 9.17) is 0 Å². The Kier molecular flexibility index (Phi) is 2.84. The summed E-state index contributed by atoms with van der Waals surface area (Å²) >= 11 is 0. The first-order valence-corrected chi connectivity index (χ1v) is 5.59. The molecular formula is C14H16N2O. The lowest BCUT2D eigenvalue weighted by Crippen LogP contribution is -2.10. The molecule has 3 heteroatoms. The Morgan fingerprint density at radius 3 is 2.59 bits per heavy atom. The van der Waals surface area contributed by atoms with E-state index in [0.717, 1.165) is 22.3 Å². The monoisotopic (exact) mass is 228 g/mol. The fourth-order valence-electron chi connectivity index (χ4n) is 2.01. The van der Waals surface area contributed by atoms with E-state index in [1.165, 1.54) is 0 Å². The fourth-order valence-corrected chi connectivity index (χ4v) is 2.01. The summed E-state index contributed by atoms with van der Waals surface area (Å²) in [5, 5.41) is 1.02. The average Bonchev–Trinajstić information content (AvgIpc) is 2.26. The molecule has 1 aromatic carbocycles. The summed E-state index contributed by atoms with van der Waals surface area (Å²) in [5.74, 6) is 0.0541. The van der Waals surface area contributed by atoms with Crippen molar-refractivity contribution in [3.63, 3.8) is 0 Å². The molecule has 0 saturated carbocycles. The van der Waals surface area contributed by atoms with Gasteiger partial charge in [0, 0.05) is 36.4 Å². The van der Waals surface area contributed by atoms with Crippen LogP contribution in [-0.4, -0.2) is 24.9 Å². The molecule has 0 aliphatic carbocycles. The molecule has 0 fully saturated rings. The summed E-state index contributed by atoms with van der Waals surface area (Å²) in [5.41, 5.74) is 3.50. The van der Waals surface area contributed by atoms with Gasteiger partial charge < -0.3 is 4.90 Å². The Labute approximate surface area is 101 Å². The lowest BCUT2D eigenvalue weighted by molar-refractivity contribution is 0.101. The molecule has 0 saturated heterocycles. The number of benzene rings is 1. The van der Waals surface area contributed by atoms with Crippen molar-refractivity contribution in [2.24, 2.45) is 0 Å². The zero-order valence-corrected chi connectivity index (χ0v) is 10.6. The van der Waals surface area contributed by atoms with Crippen LogP contribution in [0.5, 0.6) is 0 Å². The van der Waals surface area contributed by atoms with Gasteiger partial charge in [0.15, 0.2) is 5.78 Å². The first-order valence-electron chi connectivity index (χ1n) is 5.59. The first kappa shape index (κ1) is 11.6. The van der Waals surface area contributed by atoms with Crippen LogP contribution in [0, 0.1) is 6.92 Å². The third-order valence-corrected chi connectivity index (χ3v) is 2.81. The van der Waals surface area contributed by atoms with Crippen molar-refractivity contribution in [3.05, 3.63) is 35.5 Å². The number of ketones is 1. The minimum atomic E-state index is 0.0541. The highest BCUT2D eigenvalue weighted by Crippen LogP contribution is 2.27. The van der Waals surface area contributed by atoms with Gasteiger partial charge in [0.1, 0.15) is 0 Å². The largest absolute Gasteiger partial charge is 0.377 e. The van der Waals surface area contributed by atoms with Crippen LogP contribution >= 0.6 is 0 Å². The number of rotatable bonds is 2. The quantitative estimate of drug-likeness (QED) is 0.741. The number of pyridine rings is 1. The minimum Gasteiger partial charge on any atom is -0.377 e. The predicted molar refractivity (Wildman–Crippen MR) is 70.8 cm³/mol. The second-order valence-corrected chi connectivity index (χ2v) is 4.44. The van der Waals surface area contributed by atoms with Gasteiger partial charge in [0.05, 0.1) is 5.52 Å². The Morgan fingerprint density at radius 1 is 1.29 bits per heavy atom. The second kappa shape index (κ2) is 4.17. The van der Waals surface area contributed by atoms with Crippen molar-refractivity contribution in [2.45, 2.75) is 13.8 Å². The number of Topliss-reactive ketones (excluding diaryl/α,β-unsaturated/α-hetero) is 1. The van der Waals surface area contributed by atoms with Crippen molar-refractivity contribution in [2.75, 3.05) is 19.0 Å². The van der Waals surface area contributed by atoms with Gasteiger partial charge in [0.2, 0.25) is 0 Å². The number of para-hydroxylation sites is 1. The number of fused-ring (bicyclic) bond motifs is 1. The van der Waals surface area contributed by atoms with Gasteiger partial charge in [-0.3, -0.25) is 9.78 Å². The van der Waals surface area contributed by atoms with Gasteiger partial charge in [-0.2, -0.15) is 0 Å². The van der Waals surface area contributed by atoms with E-state index in [9.17, 15) is 4.79 Å². The van der Waals surface area contributed by atoms with Gasteiger partial charge in [-0.1, -0.05) is 12.1 Å². The molecule has 0 atom stereocenters. The molecule has 17 heavy (non-hydrogen) atoms. The van der Waals surface area contributed by atoms with E-state index >= 15 is 0 Å². The molecule has 2 rings (SSSR count). The molecule has 0 N–H and O–H groups in total. The molecule has 0 unspecified atom stereocenters. The van der Waals surface area contributed by atoms with Gasteiger partial charge in [-0.05, 0) is 26.0 Å². The molecular weight excluding hydrogens is 212 g/mol. The molecule has 0 amide bonds. The topological polar surface area (TPSA) is 33.2 Å². The van der Waals surface area contributed by atoms with Crippen LogP contribution in [0.1, 0.15) is 23.0 Å². The normalized spacial score (nSPS) is 10.6. The maximum Gasteiger partial charge on any atom is 0.161 e. The molecule has 3 nitrogen and oxygen atoms in total. The average molecular weight is 228 g/mol. The van der Waals surface area contributed by atoms with Gasteiger partial charge in [-0.25, -0.2) is 0 Å². The Balaban J connectivity index is 2.88. The number of carbonyl (C=O) groups excluding carboxylic acids is 1. The number of nitrogens with zero attached hydrogens (tertiary/aromatic N) is 2. The van der Waals surface area contributed by atoms with Crippen molar-refractivity contribution in [3.8, 4) is 0 Å². The van der Waals surface area contributed by atoms with E-state index in [1.807, 2.05) is 50.2 Å². The molecule has 0 spiro atoms. The number of hydrogen-bond donors (Lipinski definition) is 0. The van der Waals surface area contributed by atoms with Crippen LogP contribution in [0.15, 0.2) is 24.3 Å².